The molecule has 36 heavy (non-hydrogen) atoms. The number of benzene rings is 2. The van der Waals surface area contributed by atoms with E-state index in [0.29, 0.717) is 36.4 Å². The molecule has 3 aromatic rings. The van der Waals surface area contributed by atoms with E-state index in [4.69, 9.17) is 10.00 Å². The zero-order valence-electron chi connectivity index (χ0n) is 19.7. The van der Waals surface area contributed by atoms with E-state index in [9.17, 15) is 14.4 Å². The van der Waals surface area contributed by atoms with Crippen LogP contribution >= 0.6 is 0 Å². The number of pyridine rings is 1. The number of aromatic nitrogens is 1. The molecule has 9 nitrogen and oxygen atoms in total. The largest absolute Gasteiger partial charge is 0.497 e. The first kappa shape index (κ1) is 23.2. The molecule has 1 aromatic heterocycles. The molecule has 0 aliphatic carbocycles. The number of amides is 3. The van der Waals surface area contributed by atoms with E-state index in [2.05, 4.69) is 10.6 Å². The maximum Gasteiger partial charge on any atom is 0.321 e. The fourth-order valence-corrected chi connectivity index (χ4v) is 4.97. The summed E-state index contributed by atoms with van der Waals surface area (Å²) in [6.07, 6.45) is 0.905. The normalized spacial score (nSPS) is 17.9. The molecule has 5 rings (SSSR count). The van der Waals surface area contributed by atoms with Gasteiger partial charge < -0.3 is 24.8 Å². The molecule has 2 atom stereocenters. The molecule has 2 aromatic carbocycles. The van der Waals surface area contributed by atoms with Crippen molar-refractivity contribution in [2.45, 2.75) is 18.9 Å². The molecule has 0 radical (unpaired) electrons. The van der Waals surface area contributed by atoms with Gasteiger partial charge in [0, 0.05) is 42.5 Å². The van der Waals surface area contributed by atoms with Gasteiger partial charge in [-0.1, -0.05) is 0 Å². The van der Waals surface area contributed by atoms with Crippen molar-refractivity contribution in [2.75, 3.05) is 30.8 Å². The third-order valence-corrected chi connectivity index (χ3v) is 6.76. The lowest BCUT2D eigenvalue weighted by molar-refractivity contribution is 0.102. The summed E-state index contributed by atoms with van der Waals surface area (Å²) in [5.74, 6) is 0.486. The van der Waals surface area contributed by atoms with Gasteiger partial charge >= 0.3 is 6.03 Å². The van der Waals surface area contributed by atoms with Crippen LogP contribution in [0.5, 0.6) is 5.75 Å². The zero-order chi connectivity index (χ0) is 25.2. The highest BCUT2D eigenvalue weighted by atomic mass is 16.5. The van der Waals surface area contributed by atoms with Crippen molar-refractivity contribution in [3.63, 3.8) is 0 Å². The summed E-state index contributed by atoms with van der Waals surface area (Å²) in [6, 6.07) is 18.7. The van der Waals surface area contributed by atoms with E-state index in [1.54, 1.807) is 71.2 Å². The van der Waals surface area contributed by atoms with Gasteiger partial charge in [0.25, 0.3) is 11.5 Å². The molecule has 2 bridgehead atoms. The number of fused-ring (bicyclic) bond motifs is 4. The second-order valence-corrected chi connectivity index (χ2v) is 9.09. The number of carbonyl (C=O) groups is 2. The zero-order valence-corrected chi connectivity index (χ0v) is 19.7. The van der Waals surface area contributed by atoms with Crippen LogP contribution in [-0.4, -0.2) is 41.6 Å². The lowest BCUT2D eigenvalue weighted by Gasteiger charge is -2.42. The van der Waals surface area contributed by atoms with E-state index in [-0.39, 0.29) is 29.1 Å². The molecule has 0 unspecified atom stereocenters. The number of anilines is 2. The first-order chi connectivity index (χ1) is 17.4. The second-order valence-electron chi connectivity index (χ2n) is 9.09. The lowest BCUT2D eigenvalue weighted by atomic mass is 9.83. The summed E-state index contributed by atoms with van der Waals surface area (Å²) >= 11 is 0. The van der Waals surface area contributed by atoms with Gasteiger partial charge in [-0.25, -0.2) is 4.79 Å². The summed E-state index contributed by atoms with van der Waals surface area (Å²) < 4.78 is 6.89. The molecule has 2 N–H and O–H groups in total. The number of nitrogens with one attached hydrogen (secondary N) is 2. The Morgan fingerprint density at radius 3 is 2.42 bits per heavy atom. The molecular weight excluding hydrogens is 458 g/mol. The Labute approximate surface area is 207 Å². The predicted molar refractivity (Wildman–Crippen MR) is 134 cm³/mol. The Hall–Kier alpha value is -4.58. The number of hydrogen-bond acceptors (Lipinski definition) is 5. The quantitative estimate of drug-likeness (QED) is 0.588. The number of rotatable bonds is 4. The Morgan fingerprint density at radius 2 is 1.72 bits per heavy atom. The molecule has 2 aliphatic rings. The fraction of sp³-hybridized carbons (Fsp3) is 0.259. The minimum atomic E-state index is -0.408. The molecule has 3 amide bonds. The van der Waals surface area contributed by atoms with E-state index in [1.165, 1.54) is 0 Å². The van der Waals surface area contributed by atoms with E-state index in [1.807, 2.05) is 12.1 Å². The first-order valence-electron chi connectivity index (χ1n) is 11.7. The van der Waals surface area contributed by atoms with E-state index < -0.39 is 5.91 Å². The van der Waals surface area contributed by atoms with Gasteiger partial charge in [0.05, 0.1) is 18.7 Å². The maximum absolute atomic E-state index is 13.2. The van der Waals surface area contributed by atoms with Crippen LogP contribution in [0.3, 0.4) is 0 Å². The van der Waals surface area contributed by atoms with Crippen LogP contribution in [0.1, 0.15) is 34.0 Å². The number of ether oxygens (including phenoxy) is 1. The summed E-state index contributed by atoms with van der Waals surface area (Å²) in [4.78, 5) is 40.6. The Morgan fingerprint density at radius 1 is 0.972 bits per heavy atom. The highest BCUT2D eigenvalue weighted by molar-refractivity contribution is 6.04. The average Bonchev–Trinajstić information content (AvgIpc) is 2.91. The molecule has 1 fully saturated rings. The Balaban J connectivity index is 1.30. The van der Waals surface area contributed by atoms with Crippen molar-refractivity contribution >= 4 is 23.3 Å². The molecule has 0 saturated carbocycles. The summed E-state index contributed by atoms with van der Waals surface area (Å²) in [6.45, 7) is 1.54. The molecule has 182 valence electrons. The number of nitriles is 1. The summed E-state index contributed by atoms with van der Waals surface area (Å²) in [5, 5.41) is 14.6. The van der Waals surface area contributed by atoms with Crippen LogP contribution in [0.15, 0.2) is 65.5 Å². The molecule has 9 heteroatoms. The van der Waals surface area contributed by atoms with Crippen molar-refractivity contribution in [1.29, 1.82) is 5.26 Å². The van der Waals surface area contributed by atoms with Crippen LogP contribution in [0.4, 0.5) is 16.2 Å². The Kier molecular flexibility index (Phi) is 6.17. The van der Waals surface area contributed by atoms with Crippen molar-refractivity contribution in [3.05, 3.63) is 87.8 Å². The van der Waals surface area contributed by atoms with Crippen LogP contribution in [0, 0.1) is 17.2 Å². The van der Waals surface area contributed by atoms with Gasteiger partial charge in [-0.15, -0.1) is 0 Å². The third kappa shape index (κ3) is 4.53. The highest BCUT2D eigenvalue weighted by Gasteiger charge is 2.36. The minimum Gasteiger partial charge on any atom is -0.497 e. The highest BCUT2D eigenvalue weighted by Crippen LogP contribution is 2.35. The van der Waals surface area contributed by atoms with Gasteiger partial charge in [-0.2, -0.15) is 5.26 Å². The average molecular weight is 484 g/mol. The molecule has 0 spiro atoms. The van der Waals surface area contributed by atoms with Crippen molar-refractivity contribution in [2.24, 2.45) is 5.92 Å². The van der Waals surface area contributed by atoms with Gasteiger partial charge in [0.2, 0.25) is 0 Å². The molecular formula is C27H25N5O4. The van der Waals surface area contributed by atoms with Crippen LogP contribution in [0.25, 0.3) is 0 Å². The first-order valence-corrected chi connectivity index (χ1v) is 11.7. The number of carbonyl (C=O) groups excluding carboxylic acids is 2. The lowest BCUT2D eigenvalue weighted by Crippen LogP contribution is -2.50. The number of urea groups is 1. The Bertz CT molecular complexity index is 1410. The monoisotopic (exact) mass is 483 g/mol. The SMILES string of the molecule is COc1ccc(NC(=O)N2C[C@@H]3C[C@H](C2)c2ccc(NC(=O)c4ccc(C#N)cc4)c(=O)n2C3)cc1. The van der Waals surface area contributed by atoms with E-state index in [0.717, 1.165) is 17.9 Å². The summed E-state index contributed by atoms with van der Waals surface area (Å²) in [5.41, 5.74) is 2.35. The van der Waals surface area contributed by atoms with Gasteiger partial charge in [-0.3, -0.25) is 9.59 Å². The van der Waals surface area contributed by atoms with Crippen molar-refractivity contribution < 1.29 is 14.3 Å². The number of nitrogens with zero attached hydrogens (tertiary/aromatic N) is 3. The number of methoxy groups -OCH3 is 1. The predicted octanol–water partition coefficient (Wildman–Crippen LogP) is 3.63. The molecule has 3 heterocycles. The fourth-order valence-electron chi connectivity index (χ4n) is 4.97. The second kappa shape index (κ2) is 9.58. The molecule has 1 saturated heterocycles. The van der Waals surface area contributed by atoms with Gasteiger partial charge in [0.15, 0.2) is 0 Å². The van der Waals surface area contributed by atoms with Crippen LogP contribution in [0.2, 0.25) is 0 Å². The topological polar surface area (TPSA) is 116 Å². The number of piperidine rings is 1. The van der Waals surface area contributed by atoms with Crippen LogP contribution < -0.4 is 20.9 Å². The van der Waals surface area contributed by atoms with E-state index >= 15 is 0 Å². The number of likely N-dealkylation sites (tertiary alicyclic amines) is 1. The van der Waals surface area contributed by atoms with Crippen molar-refractivity contribution in [3.8, 4) is 11.8 Å². The van der Waals surface area contributed by atoms with Crippen LogP contribution in [-0.2, 0) is 6.54 Å². The number of hydrogen-bond donors (Lipinski definition) is 2. The molecule has 2 aliphatic heterocycles. The smallest absolute Gasteiger partial charge is 0.321 e. The maximum atomic E-state index is 13.2. The van der Waals surface area contributed by atoms with Gasteiger partial charge in [0.1, 0.15) is 11.4 Å². The minimum absolute atomic E-state index is 0.0371. The standard InChI is InChI=1S/C27H25N5O4/c1-36-22-8-6-21(7-9-22)29-27(35)31-14-18-12-20(16-31)24-11-10-23(26(34)32(24)15-18)30-25(33)19-4-2-17(13-28)3-5-19/h2-11,18,20H,12,14-16H2,1H3,(H,29,35)(H,30,33)/t18-,20+/m0/s1. The van der Waals surface area contributed by atoms with Crippen molar-refractivity contribution in [1.82, 2.24) is 9.47 Å². The third-order valence-electron chi connectivity index (χ3n) is 6.76. The summed E-state index contributed by atoms with van der Waals surface area (Å²) in [7, 11) is 1.59. The van der Waals surface area contributed by atoms with Gasteiger partial charge in [-0.05, 0) is 73.0 Å².